The van der Waals surface area contributed by atoms with Crippen molar-refractivity contribution < 1.29 is 12.8 Å². The Bertz CT molecular complexity index is 914. The van der Waals surface area contributed by atoms with Crippen LogP contribution < -0.4 is 4.72 Å². The van der Waals surface area contributed by atoms with Crippen LogP contribution in [-0.4, -0.2) is 20.3 Å². The van der Waals surface area contributed by atoms with Crippen LogP contribution in [0.15, 0.2) is 61.1 Å². The predicted octanol–water partition coefficient (Wildman–Crippen LogP) is 3.31. The van der Waals surface area contributed by atoms with E-state index < -0.39 is 11.3 Å². The van der Waals surface area contributed by atoms with E-state index in [-0.39, 0.29) is 5.82 Å². The smallest absolute Gasteiger partial charge is 0.234 e. The van der Waals surface area contributed by atoms with Gasteiger partial charge in [-0.2, -0.15) is 0 Å². The largest absolute Gasteiger partial charge is 0.330 e. The molecule has 0 aliphatic rings. The minimum Gasteiger partial charge on any atom is -0.330 e. The van der Waals surface area contributed by atoms with E-state index in [9.17, 15) is 8.60 Å². The Balaban J connectivity index is 1.45. The maximum Gasteiger partial charge on any atom is 0.234 e. The maximum atomic E-state index is 13.3. The Labute approximate surface area is 161 Å². The van der Waals surface area contributed by atoms with Crippen LogP contribution in [0, 0.1) is 12.7 Å². The summed E-state index contributed by atoms with van der Waals surface area (Å²) in [5.41, 5.74) is 3.97. The normalized spacial score (nSPS) is 12.2. The summed E-state index contributed by atoms with van der Waals surface area (Å²) in [5.74, 6) is -0.253. The van der Waals surface area contributed by atoms with Gasteiger partial charge in [0, 0.05) is 31.4 Å². The molecule has 1 aromatic heterocycles. The summed E-state index contributed by atoms with van der Waals surface area (Å²) in [6.45, 7) is 3.32. The number of aryl methyl sites for hydroxylation is 1. The molecule has 0 spiro atoms. The SMILES string of the molecule is Cc1cccc(COS(=O)NCCc2cncn2Cc2cccc(F)c2)c1. The molecule has 0 aliphatic carbocycles. The third-order valence-corrected chi connectivity index (χ3v) is 4.83. The Morgan fingerprint density at radius 2 is 2.00 bits per heavy atom. The molecule has 142 valence electrons. The Hall–Kier alpha value is -2.35. The highest BCUT2D eigenvalue weighted by Crippen LogP contribution is 2.09. The molecular formula is C20H22FN3O2S. The molecule has 2 aromatic carbocycles. The average molecular weight is 387 g/mol. The molecule has 1 atom stereocenters. The Kier molecular flexibility index (Phi) is 6.86. The molecule has 1 unspecified atom stereocenters. The van der Waals surface area contributed by atoms with Gasteiger partial charge in [-0.3, -0.25) is 4.18 Å². The van der Waals surface area contributed by atoms with Crippen molar-refractivity contribution in [3.8, 4) is 0 Å². The second-order valence-electron chi connectivity index (χ2n) is 6.27. The summed E-state index contributed by atoms with van der Waals surface area (Å²) >= 11 is -1.57. The summed E-state index contributed by atoms with van der Waals surface area (Å²) < 4.78 is 35.4. The van der Waals surface area contributed by atoms with Gasteiger partial charge in [0.05, 0.1) is 12.9 Å². The Morgan fingerprint density at radius 3 is 2.81 bits per heavy atom. The van der Waals surface area contributed by atoms with Gasteiger partial charge in [0.2, 0.25) is 11.3 Å². The molecule has 0 fully saturated rings. The van der Waals surface area contributed by atoms with E-state index >= 15 is 0 Å². The third-order valence-electron chi connectivity index (χ3n) is 4.06. The van der Waals surface area contributed by atoms with Crippen molar-refractivity contribution in [3.63, 3.8) is 0 Å². The van der Waals surface area contributed by atoms with Crippen molar-refractivity contribution in [2.45, 2.75) is 26.5 Å². The van der Waals surface area contributed by atoms with Crippen molar-refractivity contribution >= 4 is 11.3 Å². The van der Waals surface area contributed by atoms with E-state index in [0.717, 1.165) is 22.4 Å². The molecule has 3 aromatic rings. The first-order valence-corrected chi connectivity index (χ1v) is 9.75. The fourth-order valence-corrected chi connectivity index (χ4v) is 3.35. The fraction of sp³-hybridized carbons (Fsp3) is 0.250. The van der Waals surface area contributed by atoms with E-state index in [2.05, 4.69) is 9.71 Å². The lowest BCUT2D eigenvalue weighted by Crippen LogP contribution is -2.22. The van der Waals surface area contributed by atoms with Crippen molar-refractivity contribution in [2.75, 3.05) is 6.54 Å². The third kappa shape index (κ3) is 6.09. The molecule has 7 heteroatoms. The maximum absolute atomic E-state index is 13.3. The number of hydrogen-bond acceptors (Lipinski definition) is 3. The zero-order chi connectivity index (χ0) is 19.1. The molecule has 0 radical (unpaired) electrons. The highest BCUT2D eigenvalue weighted by atomic mass is 32.2. The molecule has 0 saturated carbocycles. The molecule has 5 nitrogen and oxygen atoms in total. The molecule has 27 heavy (non-hydrogen) atoms. The number of halogens is 1. The minimum atomic E-state index is -1.57. The topological polar surface area (TPSA) is 56.1 Å². The first-order chi connectivity index (χ1) is 13.1. The Morgan fingerprint density at radius 1 is 1.19 bits per heavy atom. The van der Waals surface area contributed by atoms with E-state index in [1.54, 1.807) is 18.6 Å². The number of nitrogens with zero attached hydrogens (tertiary/aromatic N) is 2. The number of imidazole rings is 1. The monoisotopic (exact) mass is 387 g/mol. The summed E-state index contributed by atoms with van der Waals surface area (Å²) in [4.78, 5) is 4.16. The molecule has 0 bridgehead atoms. The zero-order valence-corrected chi connectivity index (χ0v) is 15.9. The van der Waals surface area contributed by atoms with Gasteiger partial charge in [-0.05, 0) is 30.2 Å². The predicted molar refractivity (Wildman–Crippen MR) is 104 cm³/mol. The van der Waals surface area contributed by atoms with Gasteiger partial charge < -0.3 is 4.57 Å². The number of aromatic nitrogens is 2. The van der Waals surface area contributed by atoms with Gasteiger partial charge in [-0.25, -0.2) is 18.3 Å². The van der Waals surface area contributed by atoms with E-state index in [0.29, 0.717) is 26.1 Å². The summed E-state index contributed by atoms with van der Waals surface area (Å²) in [6.07, 6.45) is 4.11. The van der Waals surface area contributed by atoms with Crippen LogP contribution in [0.4, 0.5) is 4.39 Å². The number of nitrogens with one attached hydrogen (secondary N) is 1. The zero-order valence-electron chi connectivity index (χ0n) is 15.1. The van der Waals surface area contributed by atoms with Gasteiger partial charge in [-0.15, -0.1) is 0 Å². The van der Waals surface area contributed by atoms with Crippen molar-refractivity contribution in [1.29, 1.82) is 0 Å². The first kappa shape index (κ1) is 19.4. The second-order valence-corrected chi connectivity index (χ2v) is 7.27. The fourth-order valence-electron chi connectivity index (χ4n) is 2.76. The molecule has 0 saturated heterocycles. The van der Waals surface area contributed by atoms with Crippen molar-refractivity contribution in [3.05, 3.63) is 89.3 Å². The van der Waals surface area contributed by atoms with E-state index in [4.69, 9.17) is 4.18 Å². The minimum absolute atomic E-state index is 0.253. The average Bonchev–Trinajstić information content (AvgIpc) is 3.07. The van der Waals surface area contributed by atoms with Crippen molar-refractivity contribution in [1.82, 2.24) is 14.3 Å². The van der Waals surface area contributed by atoms with Gasteiger partial charge in [-0.1, -0.05) is 42.0 Å². The highest BCUT2D eigenvalue weighted by Gasteiger charge is 2.06. The van der Waals surface area contributed by atoms with Gasteiger partial charge in [0.1, 0.15) is 5.82 Å². The lowest BCUT2D eigenvalue weighted by molar-refractivity contribution is 0.331. The standard InChI is InChI=1S/C20H22FN3O2S/c1-16-4-2-6-18(10-16)14-26-27(25)23-9-8-20-12-22-15-24(20)13-17-5-3-7-19(21)11-17/h2-7,10-12,15,23H,8-9,13-14H2,1H3. The number of rotatable bonds is 9. The van der Waals surface area contributed by atoms with Crippen LogP contribution in [0.25, 0.3) is 0 Å². The van der Waals surface area contributed by atoms with Crippen LogP contribution in [0.5, 0.6) is 0 Å². The lowest BCUT2D eigenvalue weighted by atomic mass is 10.1. The molecule has 3 rings (SSSR count). The highest BCUT2D eigenvalue weighted by molar-refractivity contribution is 7.78. The summed E-state index contributed by atoms with van der Waals surface area (Å²) in [6, 6.07) is 14.4. The molecule has 0 aliphatic heterocycles. The first-order valence-electron chi connectivity index (χ1n) is 8.68. The van der Waals surface area contributed by atoms with Crippen LogP contribution in [-0.2, 0) is 35.0 Å². The van der Waals surface area contributed by atoms with E-state index in [1.165, 1.54) is 12.1 Å². The summed E-state index contributed by atoms with van der Waals surface area (Å²) in [7, 11) is 0. The van der Waals surface area contributed by atoms with Gasteiger partial charge >= 0.3 is 0 Å². The number of hydrogen-bond donors (Lipinski definition) is 1. The molecule has 1 N–H and O–H groups in total. The van der Waals surface area contributed by atoms with Crippen LogP contribution in [0.3, 0.4) is 0 Å². The molecule has 0 amide bonds. The van der Waals surface area contributed by atoms with Crippen molar-refractivity contribution in [2.24, 2.45) is 0 Å². The summed E-state index contributed by atoms with van der Waals surface area (Å²) in [5, 5.41) is 0. The lowest BCUT2D eigenvalue weighted by Gasteiger charge is -2.09. The van der Waals surface area contributed by atoms with Gasteiger partial charge in [0.25, 0.3) is 0 Å². The number of benzene rings is 2. The second kappa shape index (κ2) is 9.55. The van der Waals surface area contributed by atoms with Crippen LogP contribution in [0.1, 0.15) is 22.4 Å². The molecule has 1 heterocycles. The quantitative estimate of drug-likeness (QED) is 0.613. The molecular weight excluding hydrogens is 365 g/mol. The van der Waals surface area contributed by atoms with E-state index in [1.807, 2.05) is 41.8 Å². The van der Waals surface area contributed by atoms with Gasteiger partial charge in [0.15, 0.2) is 0 Å². The van der Waals surface area contributed by atoms with Crippen LogP contribution >= 0.6 is 0 Å². The van der Waals surface area contributed by atoms with Crippen LogP contribution in [0.2, 0.25) is 0 Å².